The summed E-state index contributed by atoms with van der Waals surface area (Å²) < 4.78 is 8.27. The Morgan fingerprint density at radius 3 is 2.79 bits per heavy atom. The molecule has 3 aromatic heterocycles. The van der Waals surface area contributed by atoms with E-state index in [4.69, 9.17) is 4.74 Å². The van der Waals surface area contributed by atoms with Crippen molar-refractivity contribution < 1.29 is 9.53 Å². The van der Waals surface area contributed by atoms with Crippen molar-refractivity contribution in [1.29, 1.82) is 0 Å². The Balaban J connectivity index is 1.77. The topological polar surface area (TPSA) is 59.8 Å². The number of amides is 1. The third kappa shape index (κ3) is 3.05. The second-order valence-electron chi connectivity index (χ2n) is 7.52. The van der Waals surface area contributed by atoms with Crippen molar-refractivity contribution >= 4 is 32.8 Å². The lowest BCUT2D eigenvalue weighted by Gasteiger charge is -2.25. The molecule has 0 radical (unpaired) electrons. The van der Waals surface area contributed by atoms with Gasteiger partial charge in [-0.3, -0.25) is 14.0 Å². The first-order chi connectivity index (χ1) is 14.1. The van der Waals surface area contributed by atoms with Crippen LogP contribution in [0.15, 0.2) is 64.9 Å². The second kappa shape index (κ2) is 6.83. The van der Waals surface area contributed by atoms with Crippen molar-refractivity contribution in [3.05, 3.63) is 76.0 Å². The van der Waals surface area contributed by atoms with Crippen LogP contribution in [0.25, 0.3) is 26.7 Å². The molecular weight excluding hydrogens is 384 g/mol. The maximum Gasteiger partial charge on any atom is 0.263 e. The third-order valence-corrected chi connectivity index (χ3v) is 6.41. The molecule has 1 fully saturated rings. The Bertz CT molecular complexity index is 1280. The highest BCUT2D eigenvalue weighted by Gasteiger charge is 2.32. The molecule has 0 spiro atoms. The van der Waals surface area contributed by atoms with Crippen molar-refractivity contribution in [2.45, 2.75) is 25.5 Å². The Hall–Kier alpha value is -2.96. The van der Waals surface area contributed by atoms with E-state index < -0.39 is 5.72 Å². The van der Waals surface area contributed by atoms with E-state index in [-0.39, 0.29) is 11.5 Å². The summed E-state index contributed by atoms with van der Waals surface area (Å²) in [6.07, 6.45) is 3.43. The maximum atomic E-state index is 13.4. The number of rotatable bonds is 3. The third-order valence-electron chi connectivity index (χ3n) is 5.47. The van der Waals surface area contributed by atoms with Crippen LogP contribution in [0, 0.1) is 0 Å². The number of fused-ring (bicyclic) bond motifs is 3. The molecule has 1 atom stereocenters. The first-order valence-electron chi connectivity index (χ1n) is 9.63. The zero-order valence-electron chi connectivity index (χ0n) is 16.0. The summed E-state index contributed by atoms with van der Waals surface area (Å²) in [5.74, 6) is -0.231. The average molecular weight is 404 g/mol. The number of hydrogen-bond donors (Lipinski definition) is 1. The summed E-state index contributed by atoms with van der Waals surface area (Å²) in [5.41, 5.74) is 1.59. The summed E-state index contributed by atoms with van der Waals surface area (Å²) >= 11 is 1.53. The van der Waals surface area contributed by atoms with E-state index in [1.54, 1.807) is 16.7 Å². The molecule has 1 amide bonds. The molecule has 4 aromatic rings. The summed E-state index contributed by atoms with van der Waals surface area (Å²) in [4.78, 5) is 26.7. The molecule has 4 heterocycles. The Morgan fingerprint density at radius 2 is 2.03 bits per heavy atom. The van der Waals surface area contributed by atoms with Crippen LogP contribution >= 0.6 is 11.3 Å². The van der Waals surface area contributed by atoms with Gasteiger partial charge in [0, 0.05) is 18.4 Å². The van der Waals surface area contributed by atoms with Gasteiger partial charge in [-0.05, 0) is 54.3 Å². The molecule has 1 unspecified atom stereocenters. The molecule has 0 saturated carbocycles. The number of thiophene rings is 1. The summed E-state index contributed by atoms with van der Waals surface area (Å²) in [6.45, 7) is 2.53. The lowest BCUT2D eigenvalue weighted by Crippen LogP contribution is -2.45. The van der Waals surface area contributed by atoms with Gasteiger partial charge in [0.05, 0.1) is 15.8 Å². The lowest BCUT2D eigenvalue weighted by molar-refractivity contribution is -0.00486. The van der Waals surface area contributed by atoms with Crippen LogP contribution in [0.3, 0.4) is 0 Å². The molecule has 1 saturated heterocycles. The maximum absolute atomic E-state index is 13.4. The fraction of sp³-hybridized carbons (Fsp3) is 0.217. The van der Waals surface area contributed by atoms with Gasteiger partial charge in [-0.1, -0.05) is 30.3 Å². The smallest absolute Gasteiger partial charge is 0.263 e. The van der Waals surface area contributed by atoms with Crippen LogP contribution in [-0.2, 0) is 4.74 Å². The molecule has 6 heteroatoms. The van der Waals surface area contributed by atoms with E-state index in [2.05, 4.69) is 5.32 Å². The number of hydrogen-bond acceptors (Lipinski definition) is 4. The number of ether oxygens (including phenoxy) is 1. The molecule has 29 heavy (non-hydrogen) atoms. The van der Waals surface area contributed by atoms with E-state index >= 15 is 0 Å². The quantitative estimate of drug-likeness (QED) is 0.549. The fourth-order valence-corrected chi connectivity index (χ4v) is 4.93. The Kier molecular flexibility index (Phi) is 4.26. The van der Waals surface area contributed by atoms with Crippen LogP contribution in [0.1, 0.15) is 30.1 Å². The van der Waals surface area contributed by atoms with E-state index in [1.807, 2.05) is 54.8 Å². The molecule has 1 aliphatic heterocycles. The predicted octanol–water partition coefficient (Wildman–Crippen LogP) is 4.44. The highest BCUT2D eigenvalue weighted by molar-refractivity contribution is 7.18. The molecule has 1 aliphatic rings. The number of nitrogens with one attached hydrogen (secondary N) is 1. The fourth-order valence-electron chi connectivity index (χ4n) is 3.99. The minimum absolute atomic E-state index is 0.138. The summed E-state index contributed by atoms with van der Waals surface area (Å²) in [6, 6.07) is 15.1. The normalized spacial score (nSPS) is 19.1. The number of benzene rings is 1. The highest BCUT2D eigenvalue weighted by Crippen LogP contribution is 2.30. The number of pyridine rings is 2. The van der Waals surface area contributed by atoms with Gasteiger partial charge in [-0.15, -0.1) is 11.3 Å². The predicted molar refractivity (Wildman–Crippen MR) is 116 cm³/mol. The molecule has 5 nitrogen and oxygen atoms in total. The average Bonchev–Trinajstić information content (AvgIpc) is 3.37. The first kappa shape index (κ1) is 18.1. The number of carbonyl (C=O) groups is 1. The molecule has 5 rings (SSSR count). The zero-order valence-corrected chi connectivity index (χ0v) is 16.8. The van der Waals surface area contributed by atoms with Gasteiger partial charge in [0.15, 0.2) is 0 Å². The van der Waals surface area contributed by atoms with Crippen molar-refractivity contribution in [3.8, 4) is 11.1 Å². The highest BCUT2D eigenvalue weighted by atomic mass is 32.1. The lowest BCUT2D eigenvalue weighted by atomic mass is 10.0. The van der Waals surface area contributed by atoms with Gasteiger partial charge in [0.25, 0.3) is 11.5 Å². The second-order valence-corrected chi connectivity index (χ2v) is 8.44. The zero-order chi connectivity index (χ0) is 20.0. The van der Waals surface area contributed by atoms with Gasteiger partial charge in [-0.2, -0.15) is 0 Å². The molecular formula is C23H20N2O3S. The number of aromatic nitrogens is 1. The Morgan fingerprint density at radius 1 is 1.21 bits per heavy atom. The van der Waals surface area contributed by atoms with Gasteiger partial charge < -0.3 is 10.1 Å². The molecule has 1 N–H and O–H groups in total. The van der Waals surface area contributed by atoms with Gasteiger partial charge in [-0.25, -0.2) is 0 Å². The largest absolute Gasteiger partial charge is 0.356 e. The minimum Gasteiger partial charge on any atom is -0.356 e. The van der Waals surface area contributed by atoms with Crippen LogP contribution < -0.4 is 10.9 Å². The van der Waals surface area contributed by atoms with Crippen molar-refractivity contribution in [2.75, 3.05) is 6.61 Å². The van der Waals surface area contributed by atoms with Gasteiger partial charge in [0.1, 0.15) is 5.72 Å². The van der Waals surface area contributed by atoms with E-state index in [0.717, 1.165) is 28.5 Å². The van der Waals surface area contributed by atoms with Crippen molar-refractivity contribution in [3.63, 3.8) is 0 Å². The van der Waals surface area contributed by atoms with Gasteiger partial charge >= 0.3 is 0 Å². The van der Waals surface area contributed by atoms with E-state index in [0.29, 0.717) is 23.3 Å². The Labute approximate surface area is 171 Å². The van der Waals surface area contributed by atoms with Gasteiger partial charge in [0.2, 0.25) is 0 Å². The SMILES string of the molecule is CC1(NC(=O)c2cc(-c3ccccc3)c(=O)n3ccc4ccsc4c23)CCCO1. The number of nitrogens with zero attached hydrogens (tertiary/aromatic N) is 1. The monoisotopic (exact) mass is 404 g/mol. The minimum atomic E-state index is -0.680. The molecule has 0 aliphatic carbocycles. The van der Waals surface area contributed by atoms with Crippen molar-refractivity contribution in [1.82, 2.24) is 9.72 Å². The van der Waals surface area contributed by atoms with E-state index in [9.17, 15) is 9.59 Å². The van der Waals surface area contributed by atoms with E-state index in [1.165, 1.54) is 11.3 Å². The van der Waals surface area contributed by atoms with Crippen LogP contribution in [0.5, 0.6) is 0 Å². The standard InChI is InChI=1S/C23H20N2O3S/c1-23(10-5-12-28-23)24-21(26)18-14-17(15-6-3-2-4-7-15)22(27)25-11-8-16-9-13-29-20(16)19(18)25/h2-4,6-9,11,13-14H,5,10,12H2,1H3,(H,24,26). The molecule has 1 aromatic carbocycles. The molecule has 0 bridgehead atoms. The van der Waals surface area contributed by atoms with Crippen molar-refractivity contribution in [2.24, 2.45) is 0 Å². The molecule has 146 valence electrons. The van der Waals surface area contributed by atoms with Crippen LogP contribution in [-0.4, -0.2) is 22.6 Å². The number of carbonyl (C=O) groups excluding carboxylic acids is 1. The summed E-state index contributed by atoms with van der Waals surface area (Å²) in [5, 5.41) is 6.04. The summed E-state index contributed by atoms with van der Waals surface area (Å²) in [7, 11) is 0. The first-order valence-corrected chi connectivity index (χ1v) is 10.5. The van der Waals surface area contributed by atoms with Crippen LogP contribution in [0.4, 0.5) is 0 Å². The van der Waals surface area contributed by atoms with Crippen LogP contribution in [0.2, 0.25) is 0 Å².